The molecule has 0 aliphatic carbocycles. The second-order valence-electron chi connectivity index (χ2n) is 5.56. The van der Waals surface area contributed by atoms with Crippen LogP contribution in [-0.2, 0) is 0 Å². The summed E-state index contributed by atoms with van der Waals surface area (Å²) < 4.78 is 1.88. The molecule has 0 saturated carbocycles. The van der Waals surface area contributed by atoms with Gasteiger partial charge in [0, 0.05) is 19.3 Å². The summed E-state index contributed by atoms with van der Waals surface area (Å²) in [4.78, 5) is 18.4. The Kier molecular flexibility index (Phi) is 3.72. The van der Waals surface area contributed by atoms with Gasteiger partial charge in [-0.1, -0.05) is 19.4 Å². The average molecular weight is 271 g/mol. The van der Waals surface area contributed by atoms with Crippen molar-refractivity contribution in [3.05, 3.63) is 30.1 Å². The second kappa shape index (κ2) is 5.65. The zero-order chi connectivity index (χ0) is 13.9. The van der Waals surface area contributed by atoms with Crippen LogP contribution in [0.1, 0.15) is 43.1 Å². The highest BCUT2D eigenvalue weighted by molar-refractivity contribution is 5.83. The van der Waals surface area contributed by atoms with Crippen LogP contribution < -0.4 is 4.90 Å². The van der Waals surface area contributed by atoms with Gasteiger partial charge in [0.05, 0.1) is 0 Å². The maximum atomic E-state index is 11.5. The van der Waals surface area contributed by atoms with E-state index in [2.05, 4.69) is 16.8 Å². The smallest absolute Gasteiger partial charge is 0.170 e. The maximum Gasteiger partial charge on any atom is 0.170 e. The van der Waals surface area contributed by atoms with Gasteiger partial charge in [0.25, 0.3) is 0 Å². The summed E-state index contributed by atoms with van der Waals surface area (Å²) in [5.41, 5.74) is 1.52. The third-order valence-electron chi connectivity index (χ3n) is 4.38. The Morgan fingerprint density at radius 2 is 2.25 bits per heavy atom. The highest BCUT2D eigenvalue weighted by Gasteiger charge is 2.21. The number of carbonyl (C=O) groups excluding carboxylic acids is 1. The number of carbonyl (C=O) groups is 1. The number of hydrogen-bond acceptors (Lipinski definition) is 3. The Labute approximate surface area is 119 Å². The van der Waals surface area contributed by atoms with Gasteiger partial charge in [-0.05, 0) is 37.3 Å². The number of nitrogens with zero attached hydrogens (tertiary/aromatic N) is 3. The fourth-order valence-electron chi connectivity index (χ4n) is 3.13. The summed E-state index contributed by atoms with van der Waals surface area (Å²) in [6, 6.07) is 5.83. The van der Waals surface area contributed by atoms with Gasteiger partial charge in [-0.15, -0.1) is 0 Å². The predicted octanol–water partition coefficient (Wildman–Crippen LogP) is 3.16. The minimum atomic E-state index is 0.676. The second-order valence-corrected chi connectivity index (χ2v) is 5.56. The molecular weight excluding hydrogens is 250 g/mol. The van der Waals surface area contributed by atoms with Crippen molar-refractivity contribution in [2.24, 2.45) is 5.92 Å². The van der Waals surface area contributed by atoms with Crippen molar-refractivity contribution in [1.82, 2.24) is 9.38 Å². The fourth-order valence-corrected chi connectivity index (χ4v) is 3.13. The molecule has 1 aliphatic rings. The molecule has 0 amide bonds. The molecule has 0 N–H and O–H groups in total. The van der Waals surface area contributed by atoms with E-state index >= 15 is 0 Å². The molecule has 1 aliphatic heterocycles. The summed E-state index contributed by atoms with van der Waals surface area (Å²) in [7, 11) is 0. The molecule has 0 aromatic carbocycles. The van der Waals surface area contributed by atoms with Gasteiger partial charge in [0.2, 0.25) is 0 Å². The van der Waals surface area contributed by atoms with Crippen molar-refractivity contribution in [3.63, 3.8) is 0 Å². The lowest BCUT2D eigenvalue weighted by Gasteiger charge is -2.20. The Morgan fingerprint density at radius 1 is 1.35 bits per heavy atom. The molecule has 1 unspecified atom stereocenters. The minimum Gasteiger partial charge on any atom is -0.355 e. The van der Waals surface area contributed by atoms with E-state index in [1.54, 1.807) is 0 Å². The van der Waals surface area contributed by atoms with Gasteiger partial charge in [-0.25, -0.2) is 4.98 Å². The highest BCUT2D eigenvalue weighted by Crippen LogP contribution is 2.26. The van der Waals surface area contributed by atoms with E-state index in [9.17, 15) is 4.79 Å². The van der Waals surface area contributed by atoms with Crippen molar-refractivity contribution < 1.29 is 4.79 Å². The molecule has 1 saturated heterocycles. The van der Waals surface area contributed by atoms with E-state index in [4.69, 9.17) is 0 Å². The quantitative estimate of drug-likeness (QED) is 0.805. The summed E-state index contributed by atoms with van der Waals surface area (Å²) in [6.45, 7) is 4.27. The van der Waals surface area contributed by atoms with Crippen LogP contribution in [0, 0.1) is 5.92 Å². The van der Waals surface area contributed by atoms with Gasteiger partial charge in [-0.3, -0.25) is 9.20 Å². The number of imidazole rings is 1. The van der Waals surface area contributed by atoms with Gasteiger partial charge < -0.3 is 4.90 Å². The van der Waals surface area contributed by atoms with Crippen molar-refractivity contribution in [3.8, 4) is 0 Å². The number of pyridine rings is 1. The van der Waals surface area contributed by atoms with Crippen LogP contribution in [0.15, 0.2) is 24.4 Å². The SMILES string of the molecule is CCC1CCCN(c2nc3ccccn3c2C=O)CC1. The molecule has 0 radical (unpaired) electrons. The summed E-state index contributed by atoms with van der Waals surface area (Å²) in [6.07, 6.45) is 7.75. The van der Waals surface area contributed by atoms with Gasteiger partial charge in [0.15, 0.2) is 12.1 Å². The minimum absolute atomic E-state index is 0.676. The van der Waals surface area contributed by atoms with Crippen LogP contribution in [0.3, 0.4) is 0 Å². The molecule has 2 aromatic heterocycles. The normalized spacial score (nSPS) is 20.1. The van der Waals surface area contributed by atoms with E-state index < -0.39 is 0 Å². The first-order chi connectivity index (χ1) is 9.83. The van der Waals surface area contributed by atoms with Crippen LogP contribution in [-0.4, -0.2) is 28.8 Å². The molecule has 1 atom stereocenters. The molecule has 4 nitrogen and oxygen atoms in total. The van der Waals surface area contributed by atoms with Crippen molar-refractivity contribution in [2.75, 3.05) is 18.0 Å². The first-order valence-corrected chi connectivity index (χ1v) is 7.50. The molecule has 106 valence electrons. The Morgan fingerprint density at radius 3 is 3.05 bits per heavy atom. The van der Waals surface area contributed by atoms with E-state index in [0.717, 1.165) is 36.8 Å². The largest absolute Gasteiger partial charge is 0.355 e. The standard InChI is InChI=1S/C16H21N3O/c1-2-13-6-5-9-18(11-8-13)16-14(12-20)19-10-4-3-7-15(19)17-16/h3-4,7,10,12-13H,2,5-6,8-9,11H2,1H3. The number of rotatable bonds is 3. The molecule has 3 rings (SSSR count). The molecule has 1 fully saturated rings. The highest BCUT2D eigenvalue weighted by atomic mass is 16.1. The first-order valence-electron chi connectivity index (χ1n) is 7.50. The third kappa shape index (κ3) is 2.30. The van der Waals surface area contributed by atoms with Gasteiger partial charge in [0.1, 0.15) is 11.3 Å². The van der Waals surface area contributed by atoms with Gasteiger partial charge in [-0.2, -0.15) is 0 Å². The Balaban J connectivity index is 1.95. The molecule has 0 bridgehead atoms. The van der Waals surface area contributed by atoms with Crippen molar-refractivity contribution in [1.29, 1.82) is 0 Å². The first kappa shape index (κ1) is 13.2. The van der Waals surface area contributed by atoms with Crippen LogP contribution in [0.2, 0.25) is 0 Å². The van der Waals surface area contributed by atoms with Crippen LogP contribution in [0.5, 0.6) is 0 Å². The van der Waals surface area contributed by atoms with Crippen molar-refractivity contribution >= 4 is 17.8 Å². The Hall–Kier alpha value is -1.84. The van der Waals surface area contributed by atoms with Crippen molar-refractivity contribution in [2.45, 2.75) is 32.6 Å². The molecule has 4 heteroatoms. The van der Waals surface area contributed by atoms with Gasteiger partial charge >= 0.3 is 0 Å². The van der Waals surface area contributed by atoms with Crippen LogP contribution >= 0.6 is 0 Å². The molecule has 2 aromatic rings. The van der Waals surface area contributed by atoms with E-state index in [-0.39, 0.29) is 0 Å². The predicted molar refractivity (Wildman–Crippen MR) is 80.4 cm³/mol. The molecule has 20 heavy (non-hydrogen) atoms. The Bertz CT molecular complexity index is 605. The third-order valence-corrected chi connectivity index (χ3v) is 4.38. The lowest BCUT2D eigenvalue weighted by molar-refractivity contribution is 0.111. The maximum absolute atomic E-state index is 11.5. The van der Waals surface area contributed by atoms with Crippen LogP contribution in [0.25, 0.3) is 5.65 Å². The molecule has 3 heterocycles. The zero-order valence-electron chi connectivity index (χ0n) is 12.0. The zero-order valence-corrected chi connectivity index (χ0v) is 12.0. The van der Waals surface area contributed by atoms with E-state index in [1.807, 2.05) is 28.8 Å². The topological polar surface area (TPSA) is 37.6 Å². The average Bonchev–Trinajstić information content (AvgIpc) is 2.69. The van der Waals surface area contributed by atoms with Crippen LogP contribution in [0.4, 0.5) is 5.82 Å². The monoisotopic (exact) mass is 271 g/mol. The number of aldehydes is 1. The summed E-state index contributed by atoms with van der Waals surface area (Å²) >= 11 is 0. The summed E-state index contributed by atoms with van der Waals surface area (Å²) in [5, 5.41) is 0. The lowest BCUT2D eigenvalue weighted by Crippen LogP contribution is -2.25. The number of aromatic nitrogens is 2. The molecule has 0 spiro atoms. The number of fused-ring (bicyclic) bond motifs is 1. The van der Waals surface area contributed by atoms with E-state index in [1.165, 1.54) is 25.7 Å². The fraction of sp³-hybridized carbons (Fsp3) is 0.500. The molecular formula is C16H21N3O. The summed E-state index contributed by atoms with van der Waals surface area (Å²) in [5.74, 6) is 1.67. The number of hydrogen-bond donors (Lipinski definition) is 0. The lowest BCUT2D eigenvalue weighted by atomic mass is 9.98. The number of anilines is 1. The van der Waals surface area contributed by atoms with E-state index in [0.29, 0.717) is 5.69 Å².